The predicted molar refractivity (Wildman–Crippen MR) is 100 cm³/mol. The van der Waals surface area contributed by atoms with Crippen LogP contribution in [0, 0.1) is 5.92 Å². The largest absolute Gasteiger partial charge is 1.00 e. The van der Waals surface area contributed by atoms with E-state index in [1.807, 2.05) is 12.1 Å². The minimum atomic E-state index is -1.18. The molecule has 2 aromatic rings. The van der Waals surface area contributed by atoms with Gasteiger partial charge in [-0.05, 0) is 48.9 Å². The SMILES string of the molecule is CC[NH+]1CCC(O)(c2ccc(Cl)cc2)C(C(=O)c2ccc(Cl)cc2)C1.[Cl-]. The molecule has 0 aromatic heterocycles. The van der Waals surface area contributed by atoms with E-state index in [9.17, 15) is 9.90 Å². The number of nitrogens with one attached hydrogen (secondary N) is 1. The summed E-state index contributed by atoms with van der Waals surface area (Å²) in [4.78, 5) is 14.5. The summed E-state index contributed by atoms with van der Waals surface area (Å²) in [6.45, 7) is 4.48. The maximum atomic E-state index is 13.2. The summed E-state index contributed by atoms with van der Waals surface area (Å²) < 4.78 is 0. The molecule has 1 aliphatic rings. The Kier molecular flexibility index (Phi) is 7.12. The molecule has 0 aliphatic carbocycles. The highest BCUT2D eigenvalue weighted by Gasteiger charge is 2.48. The van der Waals surface area contributed by atoms with Gasteiger partial charge in [0.25, 0.3) is 0 Å². The quantitative estimate of drug-likeness (QED) is 0.691. The number of hydrogen-bond acceptors (Lipinski definition) is 2. The normalized spacial score (nSPS) is 25.4. The fourth-order valence-corrected chi connectivity index (χ4v) is 3.88. The molecular weight excluding hydrogens is 393 g/mol. The molecule has 0 spiro atoms. The van der Waals surface area contributed by atoms with Crippen LogP contribution in [0.2, 0.25) is 10.0 Å². The first-order valence-corrected chi connectivity index (χ1v) is 9.31. The minimum Gasteiger partial charge on any atom is -1.00 e. The fourth-order valence-electron chi connectivity index (χ4n) is 3.63. The number of carbonyl (C=O) groups excluding carboxylic acids is 1. The Hall–Kier alpha value is -1.10. The van der Waals surface area contributed by atoms with E-state index in [0.29, 0.717) is 28.6 Å². The third-order valence-corrected chi connectivity index (χ3v) is 5.72. The highest BCUT2D eigenvalue weighted by atomic mass is 35.5. The molecule has 1 aliphatic heterocycles. The summed E-state index contributed by atoms with van der Waals surface area (Å²) in [6, 6.07) is 14.0. The Morgan fingerprint density at radius 1 is 1.12 bits per heavy atom. The van der Waals surface area contributed by atoms with Gasteiger partial charge in [0.2, 0.25) is 0 Å². The number of likely N-dealkylation sites (tertiary alicyclic amines) is 1. The molecule has 6 heteroatoms. The zero-order chi connectivity index (χ0) is 18.0. The van der Waals surface area contributed by atoms with Crippen LogP contribution in [0.1, 0.15) is 29.3 Å². The molecule has 1 fully saturated rings. The zero-order valence-corrected chi connectivity index (χ0v) is 16.8. The van der Waals surface area contributed by atoms with E-state index in [0.717, 1.165) is 18.7 Å². The van der Waals surface area contributed by atoms with E-state index < -0.39 is 11.5 Å². The van der Waals surface area contributed by atoms with Gasteiger partial charge in [-0.15, -0.1) is 0 Å². The lowest BCUT2D eigenvalue weighted by molar-refractivity contribution is -0.908. The molecule has 0 bridgehead atoms. The lowest BCUT2D eigenvalue weighted by Crippen LogP contribution is -3.14. The van der Waals surface area contributed by atoms with Gasteiger partial charge in [-0.25, -0.2) is 0 Å². The van der Waals surface area contributed by atoms with Gasteiger partial charge in [-0.3, -0.25) is 4.79 Å². The Morgan fingerprint density at radius 3 is 2.19 bits per heavy atom. The third-order valence-electron chi connectivity index (χ3n) is 5.22. The van der Waals surface area contributed by atoms with E-state index in [4.69, 9.17) is 23.2 Å². The van der Waals surface area contributed by atoms with Gasteiger partial charge >= 0.3 is 0 Å². The number of rotatable bonds is 4. The van der Waals surface area contributed by atoms with Crippen molar-refractivity contribution in [2.75, 3.05) is 19.6 Å². The highest BCUT2D eigenvalue weighted by Crippen LogP contribution is 2.36. The molecule has 0 saturated carbocycles. The zero-order valence-electron chi connectivity index (χ0n) is 14.5. The molecule has 1 heterocycles. The van der Waals surface area contributed by atoms with Crippen LogP contribution in [0.15, 0.2) is 48.5 Å². The van der Waals surface area contributed by atoms with Gasteiger partial charge in [0.05, 0.1) is 19.6 Å². The van der Waals surface area contributed by atoms with E-state index >= 15 is 0 Å². The number of carbonyl (C=O) groups is 1. The summed E-state index contributed by atoms with van der Waals surface area (Å²) in [6.07, 6.45) is 0.543. The number of quaternary nitrogens is 1. The van der Waals surface area contributed by atoms with E-state index in [-0.39, 0.29) is 18.2 Å². The summed E-state index contributed by atoms with van der Waals surface area (Å²) >= 11 is 11.9. The number of piperidine rings is 1. The second kappa shape index (κ2) is 8.73. The van der Waals surface area contributed by atoms with Crippen LogP contribution in [-0.2, 0) is 5.60 Å². The van der Waals surface area contributed by atoms with Crippen molar-refractivity contribution in [3.63, 3.8) is 0 Å². The van der Waals surface area contributed by atoms with Crippen LogP contribution in [0.4, 0.5) is 0 Å². The van der Waals surface area contributed by atoms with Gasteiger partial charge in [0.15, 0.2) is 5.78 Å². The molecule has 3 nitrogen and oxygen atoms in total. The van der Waals surface area contributed by atoms with E-state index in [1.54, 1.807) is 36.4 Å². The maximum absolute atomic E-state index is 13.2. The Labute approximate surface area is 170 Å². The standard InChI is InChI=1S/C20H21Cl2NO2.ClH/c1-2-23-12-11-20(25,15-5-9-17(22)10-6-15)18(13-23)19(24)14-3-7-16(21)8-4-14;/h3-10,18,25H,2,11-13H2,1H3;1H. The molecule has 0 radical (unpaired) electrons. The van der Waals surface area contributed by atoms with Crippen molar-refractivity contribution in [1.82, 2.24) is 0 Å². The van der Waals surface area contributed by atoms with Crippen molar-refractivity contribution in [2.24, 2.45) is 5.92 Å². The molecular formula is C20H22Cl3NO2. The van der Waals surface area contributed by atoms with Gasteiger partial charge in [0, 0.05) is 22.0 Å². The molecule has 2 N–H and O–H groups in total. The first-order chi connectivity index (χ1) is 11.9. The van der Waals surface area contributed by atoms with Crippen molar-refractivity contribution >= 4 is 29.0 Å². The average Bonchev–Trinajstić information content (AvgIpc) is 2.62. The number of halogens is 3. The fraction of sp³-hybridized carbons (Fsp3) is 0.350. The van der Waals surface area contributed by atoms with Crippen LogP contribution in [0.3, 0.4) is 0 Å². The predicted octanol–water partition coefficient (Wildman–Crippen LogP) is -0.00740. The van der Waals surface area contributed by atoms with Gasteiger partial charge in [0.1, 0.15) is 11.5 Å². The monoisotopic (exact) mass is 413 g/mol. The van der Waals surface area contributed by atoms with Gasteiger partial charge < -0.3 is 22.4 Å². The minimum absolute atomic E-state index is 0. The van der Waals surface area contributed by atoms with Crippen molar-refractivity contribution in [3.8, 4) is 0 Å². The van der Waals surface area contributed by atoms with Crippen molar-refractivity contribution < 1.29 is 27.2 Å². The Bertz CT molecular complexity index is 749. The van der Waals surface area contributed by atoms with Gasteiger partial charge in [-0.1, -0.05) is 35.3 Å². The molecule has 1 saturated heterocycles. The summed E-state index contributed by atoms with van der Waals surface area (Å²) in [5, 5.41) is 12.7. The number of hydrogen-bond donors (Lipinski definition) is 2. The smallest absolute Gasteiger partial charge is 0.174 e. The summed E-state index contributed by atoms with van der Waals surface area (Å²) in [7, 11) is 0. The number of ketones is 1. The van der Waals surface area contributed by atoms with Gasteiger partial charge in [-0.2, -0.15) is 0 Å². The number of benzene rings is 2. The van der Waals surface area contributed by atoms with Crippen LogP contribution in [-0.4, -0.2) is 30.5 Å². The lowest BCUT2D eigenvalue weighted by Gasteiger charge is -2.42. The Morgan fingerprint density at radius 2 is 1.65 bits per heavy atom. The number of Topliss-reactive ketones (excluding diaryl/α,β-unsaturated/α-hetero) is 1. The summed E-state index contributed by atoms with van der Waals surface area (Å²) in [5.74, 6) is -0.543. The molecule has 0 amide bonds. The van der Waals surface area contributed by atoms with Crippen LogP contribution >= 0.6 is 23.2 Å². The topological polar surface area (TPSA) is 41.7 Å². The molecule has 140 valence electrons. The van der Waals surface area contributed by atoms with Crippen molar-refractivity contribution in [1.29, 1.82) is 0 Å². The number of aliphatic hydroxyl groups is 1. The van der Waals surface area contributed by atoms with Crippen molar-refractivity contribution in [2.45, 2.75) is 18.9 Å². The molecule has 26 heavy (non-hydrogen) atoms. The second-order valence-electron chi connectivity index (χ2n) is 6.66. The molecule has 3 unspecified atom stereocenters. The summed E-state index contributed by atoms with van der Waals surface area (Å²) in [5.41, 5.74) is 0.151. The average molecular weight is 415 g/mol. The Balaban J connectivity index is 0.00000243. The van der Waals surface area contributed by atoms with Crippen LogP contribution in [0.25, 0.3) is 0 Å². The van der Waals surface area contributed by atoms with Crippen molar-refractivity contribution in [3.05, 3.63) is 69.7 Å². The van der Waals surface area contributed by atoms with E-state index in [1.165, 1.54) is 4.90 Å². The lowest BCUT2D eigenvalue weighted by atomic mass is 9.72. The maximum Gasteiger partial charge on any atom is 0.174 e. The highest BCUT2D eigenvalue weighted by molar-refractivity contribution is 6.30. The molecule has 3 atom stereocenters. The van der Waals surface area contributed by atoms with Crippen LogP contribution < -0.4 is 17.3 Å². The first-order valence-electron chi connectivity index (χ1n) is 8.56. The van der Waals surface area contributed by atoms with Crippen LogP contribution in [0.5, 0.6) is 0 Å². The molecule has 3 rings (SSSR count). The molecule has 2 aromatic carbocycles. The second-order valence-corrected chi connectivity index (χ2v) is 7.54. The third kappa shape index (κ3) is 4.24. The van der Waals surface area contributed by atoms with E-state index in [2.05, 4.69) is 6.92 Å². The first kappa shape index (κ1) is 21.2.